The average Bonchev–Trinajstić information content (AvgIpc) is 3.21. The van der Waals surface area contributed by atoms with Gasteiger partial charge in [0.25, 0.3) is 0 Å². The second-order valence-corrected chi connectivity index (χ2v) is 8.65. The Labute approximate surface area is 185 Å². The molecule has 32 heavy (non-hydrogen) atoms. The van der Waals surface area contributed by atoms with Gasteiger partial charge in [0.15, 0.2) is 0 Å². The van der Waals surface area contributed by atoms with E-state index in [9.17, 15) is 14.3 Å². The van der Waals surface area contributed by atoms with Gasteiger partial charge in [-0.05, 0) is 54.8 Å². The number of carbonyl (C=O) groups excluding carboxylic acids is 1. The zero-order chi connectivity index (χ0) is 22.3. The number of rotatable bonds is 3. The van der Waals surface area contributed by atoms with E-state index in [4.69, 9.17) is 4.74 Å². The molecule has 0 unspecified atom stereocenters. The molecule has 3 aromatic rings. The number of aliphatic hydroxyl groups excluding tert-OH is 1. The first-order valence-electron chi connectivity index (χ1n) is 10.9. The minimum atomic E-state index is -0.332. The van der Waals surface area contributed by atoms with Crippen molar-refractivity contribution in [2.24, 2.45) is 0 Å². The summed E-state index contributed by atoms with van der Waals surface area (Å²) < 4.78 is 18.5. The number of amides is 2. The number of nitrogens with zero attached hydrogens (tertiary/aromatic N) is 1. The van der Waals surface area contributed by atoms with Gasteiger partial charge in [-0.15, -0.1) is 0 Å². The van der Waals surface area contributed by atoms with Crippen LogP contribution in [0.3, 0.4) is 0 Å². The van der Waals surface area contributed by atoms with Crippen LogP contribution >= 0.6 is 0 Å². The van der Waals surface area contributed by atoms with Crippen molar-refractivity contribution >= 4 is 22.6 Å². The zero-order valence-corrected chi connectivity index (χ0v) is 18.0. The summed E-state index contributed by atoms with van der Waals surface area (Å²) in [5.41, 5.74) is 3.71. The number of aromatic amines is 1. The molecule has 4 N–H and O–H groups in total. The SMILES string of the molecule is COc1ccc2c3c([nH]c2c1)[C@H](CO)NCC31CCN(C(=O)Nc2ccc(F)cc2)CC1. The van der Waals surface area contributed by atoms with E-state index in [0.717, 1.165) is 41.7 Å². The molecule has 168 valence electrons. The fourth-order valence-electron chi connectivity index (χ4n) is 5.12. The van der Waals surface area contributed by atoms with Gasteiger partial charge in [-0.2, -0.15) is 0 Å². The van der Waals surface area contributed by atoms with Gasteiger partial charge in [-0.3, -0.25) is 0 Å². The van der Waals surface area contributed by atoms with Crippen molar-refractivity contribution in [3.63, 3.8) is 0 Å². The van der Waals surface area contributed by atoms with E-state index in [2.05, 4.69) is 21.7 Å². The number of nitrogens with one attached hydrogen (secondary N) is 3. The van der Waals surface area contributed by atoms with Crippen molar-refractivity contribution in [2.75, 3.05) is 38.7 Å². The molecule has 2 aromatic carbocycles. The highest BCUT2D eigenvalue weighted by Crippen LogP contribution is 2.46. The Hall–Kier alpha value is -3.10. The van der Waals surface area contributed by atoms with Gasteiger partial charge < -0.3 is 30.4 Å². The van der Waals surface area contributed by atoms with Crippen LogP contribution < -0.4 is 15.4 Å². The van der Waals surface area contributed by atoms with Crippen LogP contribution in [0.15, 0.2) is 42.5 Å². The van der Waals surface area contributed by atoms with Crippen molar-refractivity contribution < 1.29 is 19.0 Å². The molecule has 3 heterocycles. The molecule has 2 aliphatic heterocycles. The molecule has 1 fully saturated rings. The molecule has 0 radical (unpaired) electrons. The number of carbonyl (C=O) groups is 1. The second kappa shape index (κ2) is 8.11. The zero-order valence-electron chi connectivity index (χ0n) is 18.0. The molecule has 0 saturated carbocycles. The summed E-state index contributed by atoms with van der Waals surface area (Å²) in [5, 5.41) is 17.4. The van der Waals surface area contributed by atoms with E-state index in [1.165, 1.54) is 17.7 Å². The van der Waals surface area contributed by atoms with Crippen molar-refractivity contribution in [3.05, 3.63) is 59.5 Å². The van der Waals surface area contributed by atoms with Crippen LogP contribution in [0, 0.1) is 5.82 Å². The van der Waals surface area contributed by atoms with Crippen LogP contribution in [-0.4, -0.2) is 54.4 Å². The molecule has 1 spiro atoms. The topological polar surface area (TPSA) is 89.6 Å². The number of aliphatic hydroxyl groups is 1. The Bertz CT molecular complexity index is 1140. The lowest BCUT2D eigenvalue weighted by Crippen LogP contribution is -2.53. The van der Waals surface area contributed by atoms with Crippen LogP contribution in [0.1, 0.15) is 30.1 Å². The number of hydrogen-bond acceptors (Lipinski definition) is 4. The fraction of sp³-hybridized carbons (Fsp3) is 0.375. The number of halogens is 1. The maximum Gasteiger partial charge on any atom is 0.321 e. The fourth-order valence-corrected chi connectivity index (χ4v) is 5.12. The molecule has 5 rings (SSSR count). The maximum atomic E-state index is 13.1. The molecular weight excluding hydrogens is 411 g/mol. The lowest BCUT2D eigenvalue weighted by Gasteiger charge is -2.46. The quantitative estimate of drug-likeness (QED) is 0.504. The predicted octanol–water partition coefficient (Wildman–Crippen LogP) is 3.52. The highest BCUT2D eigenvalue weighted by atomic mass is 19.1. The summed E-state index contributed by atoms with van der Waals surface area (Å²) in [6, 6.07) is 11.5. The third kappa shape index (κ3) is 3.49. The molecular formula is C24H27FN4O3. The summed E-state index contributed by atoms with van der Waals surface area (Å²) >= 11 is 0. The van der Waals surface area contributed by atoms with Gasteiger partial charge in [-0.1, -0.05) is 0 Å². The largest absolute Gasteiger partial charge is 0.497 e. The van der Waals surface area contributed by atoms with Gasteiger partial charge in [0.1, 0.15) is 11.6 Å². The lowest BCUT2D eigenvalue weighted by molar-refractivity contribution is 0.149. The summed E-state index contributed by atoms with van der Waals surface area (Å²) in [7, 11) is 1.65. The standard InChI is InChI=1S/C24H27FN4O3/c1-32-17-6-7-18-19(12-17)28-22-20(13-30)26-14-24(21(18)22)8-10-29(11-9-24)23(31)27-16-4-2-15(25)3-5-16/h2-7,12,20,26,28,30H,8-11,13-14H2,1H3,(H,27,31)/t20-/m0/s1. The Morgan fingerprint density at radius 2 is 2.00 bits per heavy atom. The number of methoxy groups -OCH3 is 1. The van der Waals surface area contributed by atoms with Crippen LogP contribution in [0.5, 0.6) is 5.75 Å². The predicted molar refractivity (Wildman–Crippen MR) is 121 cm³/mol. The number of anilines is 1. The molecule has 2 amide bonds. The number of fused-ring (bicyclic) bond motifs is 4. The molecule has 1 aromatic heterocycles. The van der Waals surface area contributed by atoms with Crippen LogP contribution in [0.25, 0.3) is 10.9 Å². The van der Waals surface area contributed by atoms with E-state index >= 15 is 0 Å². The van der Waals surface area contributed by atoms with Gasteiger partial charge >= 0.3 is 6.03 Å². The van der Waals surface area contributed by atoms with Gasteiger partial charge in [0.05, 0.1) is 19.8 Å². The van der Waals surface area contributed by atoms with Crippen LogP contribution in [0.4, 0.5) is 14.9 Å². The Kier molecular flexibility index (Phi) is 5.27. The first-order chi connectivity index (χ1) is 15.5. The van der Waals surface area contributed by atoms with E-state index in [-0.39, 0.29) is 29.9 Å². The summed E-state index contributed by atoms with van der Waals surface area (Å²) in [6.45, 7) is 1.98. The van der Waals surface area contributed by atoms with E-state index in [0.29, 0.717) is 18.8 Å². The van der Waals surface area contributed by atoms with E-state index < -0.39 is 0 Å². The van der Waals surface area contributed by atoms with Crippen molar-refractivity contribution in [2.45, 2.75) is 24.3 Å². The number of ether oxygens (including phenoxy) is 1. The van der Waals surface area contributed by atoms with E-state index in [1.54, 1.807) is 19.2 Å². The number of aromatic nitrogens is 1. The number of piperidine rings is 1. The molecule has 0 bridgehead atoms. The maximum absolute atomic E-state index is 13.1. The lowest BCUT2D eigenvalue weighted by atomic mass is 9.69. The smallest absolute Gasteiger partial charge is 0.321 e. The molecule has 7 nitrogen and oxygen atoms in total. The first-order valence-corrected chi connectivity index (χ1v) is 10.9. The summed E-state index contributed by atoms with van der Waals surface area (Å²) in [4.78, 5) is 18.1. The Balaban J connectivity index is 1.40. The summed E-state index contributed by atoms with van der Waals surface area (Å²) in [5.74, 6) is 0.451. The van der Waals surface area contributed by atoms with Crippen molar-refractivity contribution in [1.29, 1.82) is 0 Å². The number of H-pyrrole nitrogens is 1. The highest BCUT2D eigenvalue weighted by Gasteiger charge is 2.44. The Morgan fingerprint density at radius 1 is 1.25 bits per heavy atom. The molecule has 8 heteroatoms. The third-order valence-corrected chi connectivity index (χ3v) is 6.89. The minimum absolute atomic E-state index is 0.0131. The second-order valence-electron chi connectivity index (χ2n) is 8.65. The Morgan fingerprint density at radius 3 is 2.69 bits per heavy atom. The minimum Gasteiger partial charge on any atom is -0.497 e. The molecule has 2 aliphatic rings. The average molecular weight is 439 g/mol. The normalized spacial score (nSPS) is 19.7. The first kappa shape index (κ1) is 20.8. The van der Waals surface area contributed by atoms with Gasteiger partial charge in [0.2, 0.25) is 0 Å². The molecule has 0 aliphatic carbocycles. The van der Waals surface area contributed by atoms with Gasteiger partial charge in [0, 0.05) is 53.4 Å². The number of urea groups is 1. The van der Waals surface area contributed by atoms with E-state index in [1.807, 2.05) is 17.0 Å². The summed E-state index contributed by atoms with van der Waals surface area (Å²) in [6.07, 6.45) is 1.61. The van der Waals surface area contributed by atoms with Gasteiger partial charge in [-0.25, -0.2) is 9.18 Å². The van der Waals surface area contributed by atoms with Crippen molar-refractivity contribution in [1.82, 2.24) is 15.2 Å². The van der Waals surface area contributed by atoms with Crippen LogP contribution in [-0.2, 0) is 5.41 Å². The highest BCUT2D eigenvalue weighted by molar-refractivity contribution is 5.90. The monoisotopic (exact) mass is 438 g/mol. The molecule has 1 atom stereocenters. The molecule has 1 saturated heterocycles. The number of hydrogen-bond donors (Lipinski definition) is 4. The number of likely N-dealkylation sites (tertiary alicyclic amines) is 1. The third-order valence-electron chi connectivity index (χ3n) is 6.89. The van der Waals surface area contributed by atoms with Crippen molar-refractivity contribution in [3.8, 4) is 5.75 Å². The van der Waals surface area contributed by atoms with Crippen LogP contribution in [0.2, 0.25) is 0 Å². The number of benzene rings is 2.